The number of likely N-dealkylation sites (tertiary alicyclic amines) is 2. The van der Waals surface area contributed by atoms with E-state index < -0.39 is 0 Å². The number of pyridine rings is 1. The molecule has 1 spiro atoms. The van der Waals surface area contributed by atoms with Crippen molar-refractivity contribution >= 4 is 11.8 Å². The molecule has 6 heteroatoms. The molecule has 27 heavy (non-hydrogen) atoms. The molecule has 3 heterocycles. The zero-order valence-electron chi connectivity index (χ0n) is 16.5. The highest BCUT2D eigenvalue weighted by Gasteiger charge is 2.41. The largest absolute Gasteiger partial charge is 0.369 e. The number of carbonyl (C=O) groups is 2. The van der Waals surface area contributed by atoms with Gasteiger partial charge in [0.15, 0.2) is 0 Å². The van der Waals surface area contributed by atoms with E-state index in [1.54, 1.807) is 12.4 Å². The van der Waals surface area contributed by atoms with E-state index in [0.717, 1.165) is 51.9 Å². The Balaban J connectivity index is 1.54. The first-order valence-corrected chi connectivity index (χ1v) is 10.1. The van der Waals surface area contributed by atoms with E-state index in [1.807, 2.05) is 35.8 Å². The van der Waals surface area contributed by atoms with E-state index in [2.05, 4.69) is 4.98 Å². The third kappa shape index (κ3) is 4.86. The van der Waals surface area contributed by atoms with Crippen LogP contribution >= 0.6 is 0 Å². The van der Waals surface area contributed by atoms with Crippen molar-refractivity contribution in [3.8, 4) is 0 Å². The molecule has 1 atom stereocenters. The molecule has 1 aromatic heterocycles. The first-order valence-electron chi connectivity index (χ1n) is 10.1. The van der Waals surface area contributed by atoms with E-state index in [-0.39, 0.29) is 23.3 Å². The molecule has 2 saturated heterocycles. The molecule has 2 aliphatic heterocycles. The quantitative estimate of drug-likeness (QED) is 0.767. The van der Waals surface area contributed by atoms with E-state index in [9.17, 15) is 9.59 Å². The van der Waals surface area contributed by atoms with Crippen LogP contribution in [0.3, 0.4) is 0 Å². The second-order valence-corrected chi connectivity index (χ2v) is 7.84. The summed E-state index contributed by atoms with van der Waals surface area (Å²) in [6.07, 6.45) is 7.60. The second kappa shape index (κ2) is 8.83. The number of carbonyl (C=O) groups excluding carboxylic acids is 2. The Kier molecular flexibility index (Phi) is 6.47. The maximum atomic E-state index is 12.5. The first kappa shape index (κ1) is 19.8. The molecule has 3 rings (SSSR count). The van der Waals surface area contributed by atoms with Gasteiger partial charge in [-0.1, -0.05) is 0 Å². The van der Waals surface area contributed by atoms with Crippen LogP contribution in [0.2, 0.25) is 0 Å². The fourth-order valence-electron chi connectivity index (χ4n) is 4.31. The molecule has 2 amide bonds. The lowest BCUT2D eigenvalue weighted by Crippen LogP contribution is -2.53. The Morgan fingerprint density at radius 2 is 1.96 bits per heavy atom. The van der Waals surface area contributed by atoms with Gasteiger partial charge in [-0.3, -0.25) is 14.6 Å². The molecule has 0 N–H and O–H groups in total. The van der Waals surface area contributed by atoms with Gasteiger partial charge in [-0.05, 0) is 62.6 Å². The molecule has 0 aromatic carbocycles. The van der Waals surface area contributed by atoms with Crippen LogP contribution in [0.15, 0.2) is 24.5 Å². The minimum Gasteiger partial charge on any atom is -0.369 e. The van der Waals surface area contributed by atoms with Gasteiger partial charge in [0.05, 0.1) is 0 Å². The van der Waals surface area contributed by atoms with Crippen LogP contribution in [0.1, 0.15) is 45.1 Å². The summed E-state index contributed by atoms with van der Waals surface area (Å²) < 4.78 is 5.45. The van der Waals surface area contributed by atoms with E-state index in [4.69, 9.17) is 4.74 Å². The summed E-state index contributed by atoms with van der Waals surface area (Å²) >= 11 is 0. The Morgan fingerprint density at radius 1 is 1.26 bits per heavy atom. The van der Waals surface area contributed by atoms with Crippen LogP contribution in [-0.4, -0.2) is 65.5 Å². The van der Waals surface area contributed by atoms with Gasteiger partial charge in [0.25, 0.3) is 5.91 Å². The molecule has 2 aliphatic rings. The van der Waals surface area contributed by atoms with Crippen molar-refractivity contribution in [2.24, 2.45) is 5.41 Å². The topological polar surface area (TPSA) is 62.7 Å². The van der Waals surface area contributed by atoms with Gasteiger partial charge in [-0.15, -0.1) is 0 Å². The normalized spacial score (nSPS) is 20.7. The number of amides is 2. The molecule has 0 saturated carbocycles. The van der Waals surface area contributed by atoms with Gasteiger partial charge >= 0.3 is 0 Å². The van der Waals surface area contributed by atoms with Crippen molar-refractivity contribution in [3.63, 3.8) is 0 Å². The first-order chi connectivity index (χ1) is 13.0. The van der Waals surface area contributed by atoms with Crippen molar-refractivity contribution in [1.29, 1.82) is 0 Å². The minimum absolute atomic E-state index is 0.0909. The Morgan fingerprint density at radius 3 is 2.63 bits per heavy atom. The molecule has 0 radical (unpaired) electrons. The summed E-state index contributed by atoms with van der Waals surface area (Å²) in [5.74, 6) is 0.353. The molecule has 6 nitrogen and oxygen atoms in total. The summed E-state index contributed by atoms with van der Waals surface area (Å²) in [6, 6.07) is 4.02. The molecule has 0 aliphatic carbocycles. The maximum Gasteiger partial charge on any atom is 0.251 e. The van der Waals surface area contributed by atoms with Crippen molar-refractivity contribution in [3.05, 3.63) is 30.1 Å². The number of rotatable bonds is 6. The number of hydrogen-bond donors (Lipinski definition) is 0. The van der Waals surface area contributed by atoms with E-state index >= 15 is 0 Å². The average molecular weight is 373 g/mol. The zero-order chi connectivity index (χ0) is 19.3. The summed E-state index contributed by atoms with van der Waals surface area (Å²) in [5, 5.41) is 0. The molecule has 0 unspecified atom stereocenters. The number of nitrogens with zero attached hydrogens (tertiary/aromatic N) is 3. The Labute approximate surface area is 161 Å². The van der Waals surface area contributed by atoms with Crippen LogP contribution in [0, 0.1) is 5.41 Å². The van der Waals surface area contributed by atoms with Crippen LogP contribution in [0.4, 0.5) is 0 Å². The molecule has 1 aromatic rings. The SMILES string of the molecule is CCO[C@@H](C)C(=O)N1CCC2(CCC(=O)N(CCc3ccncc3)C2)CC1. The number of aromatic nitrogens is 1. The predicted octanol–water partition coefficient (Wildman–Crippen LogP) is 2.28. The number of piperidine rings is 2. The van der Waals surface area contributed by atoms with E-state index in [0.29, 0.717) is 13.0 Å². The Hall–Kier alpha value is -1.95. The van der Waals surface area contributed by atoms with Gasteiger partial charge in [-0.25, -0.2) is 0 Å². The molecular weight excluding hydrogens is 342 g/mol. The van der Waals surface area contributed by atoms with Crippen molar-refractivity contribution in [2.75, 3.05) is 32.8 Å². The molecule has 0 bridgehead atoms. The van der Waals surface area contributed by atoms with Crippen LogP contribution < -0.4 is 0 Å². The standard InChI is InChI=1S/C21H31N3O3/c1-3-27-17(2)20(26)23-14-9-21(10-15-23)8-4-19(25)24(16-21)13-7-18-5-11-22-12-6-18/h5-6,11-12,17H,3-4,7-10,13-16H2,1-2H3/t17-/m0/s1. The molecular formula is C21H31N3O3. The third-order valence-corrected chi connectivity index (χ3v) is 6.07. The smallest absolute Gasteiger partial charge is 0.251 e. The summed E-state index contributed by atoms with van der Waals surface area (Å²) in [7, 11) is 0. The summed E-state index contributed by atoms with van der Waals surface area (Å²) in [4.78, 5) is 32.9. The zero-order valence-corrected chi connectivity index (χ0v) is 16.5. The van der Waals surface area contributed by atoms with E-state index in [1.165, 1.54) is 5.56 Å². The predicted molar refractivity (Wildman–Crippen MR) is 103 cm³/mol. The van der Waals surface area contributed by atoms with Gasteiger partial charge in [0, 0.05) is 51.6 Å². The maximum absolute atomic E-state index is 12.5. The van der Waals surface area contributed by atoms with Gasteiger partial charge in [-0.2, -0.15) is 0 Å². The highest BCUT2D eigenvalue weighted by Crippen LogP contribution is 2.40. The fraction of sp³-hybridized carbons (Fsp3) is 0.667. The monoisotopic (exact) mass is 373 g/mol. The van der Waals surface area contributed by atoms with Crippen LogP contribution in [-0.2, 0) is 20.7 Å². The highest BCUT2D eigenvalue weighted by atomic mass is 16.5. The lowest BCUT2D eigenvalue weighted by atomic mass is 9.72. The number of hydrogen-bond acceptors (Lipinski definition) is 4. The summed E-state index contributed by atoms with van der Waals surface area (Å²) in [6.45, 7) is 7.41. The van der Waals surface area contributed by atoms with Crippen molar-refractivity contribution < 1.29 is 14.3 Å². The summed E-state index contributed by atoms with van der Waals surface area (Å²) in [5.41, 5.74) is 1.38. The Bertz CT molecular complexity index is 641. The second-order valence-electron chi connectivity index (χ2n) is 7.84. The van der Waals surface area contributed by atoms with Crippen LogP contribution in [0.5, 0.6) is 0 Å². The van der Waals surface area contributed by atoms with Gasteiger partial charge in [0.1, 0.15) is 6.10 Å². The van der Waals surface area contributed by atoms with Gasteiger partial charge in [0.2, 0.25) is 5.91 Å². The number of ether oxygens (including phenoxy) is 1. The third-order valence-electron chi connectivity index (χ3n) is 6.07. The van der Waals surface area contributed by atoms with Crippen molar-refractivity contribution in [1.82, 2.24) is 14.8 Å². The lowest BCUT2D eigenvalue weighted by molar-refractivity contribution is -0.148. The van der Waals surface area contributed by atoms with Crippen molar-refractivity contribution in [2.45, 2.75) is 52.1 Å². The van der Waals surface area contributed by atoms with Gasteiger partial charge < -0.3 is 14.5 Å². The highest BCUT2D eigenvalue weighted by molar-refractivity contribution is 5.80. The molecule has 2 fully saturated rings. The fourth-order valence-corrected chi connectivity index (χ4v) is 4.31. The lowest BCUT2D eigenvalue weighted by Gasteiger charge is -2.47. The average Bonchev–Trinajstić information content (AvgIpc) is 2.70. The molecule has 148 valence electrons. The minimum atomic E-state index is -0.367. The van der Waals surface area contributed by atoms with Crippen LogP contribution in [0.25, 0.3) is 0 Å².